The zero-order valence-corrected chi connectivity index (χ0v) is 20.2. The van der Waals surface area contributed by atoms with Gasteiger partial charge < -0.3 is 24.4 Å². The van der Waals surface area contributed by atoms with Crippen LogP contribution in [-0.2, 0) is 4.79 Å². The molecule has 2 saturated heterocycles. The maximum absolute atomic E-state index is 14.4. The monoisotopic (exact) mass is 510 g/mol. The summed E-state index contributed by atoms with van der Waals surface area (Å²) in [5.41, 5.74) is 1.03. The molecule has 0 spiro atoms. The van der Waals surface area contributed by atoms with Crippen LogP contribution >= 0.6 is 0 Å². The van der Waals surface area contributed by atoms with Crippen LogP contribution in [0.3, 0.4) is 0 Å². The second-order valence-electron chi connectivity index (χ2n) is 9.56. The molecular weight excluding hydrogens is 480 g/mol. The third-order valence-corrected chi connectivity index (χ3v) is 7.06. The molecule has 0 saturated carbocycles. The van der Waals surface area contributed by atoms with Gasteiger partial charge in [0.2, 0.25) is 0 Å². The lowest BCUT2D eigenvalue weighted by Crippen LogP contribution is -2.44. The summed E-state index contributed by atoms with van der Waals surface area (Å²) < 4.78 is 65.7. The first-order valence-corrected chi connectivity index (χ1v) is 12.0. The number of methoxy groups -OCH3 is 1. The molecule has 0 bridgehead atoms. The van der Waals surface area contributed by atoms with Crippen LogP contribution in [0.1, 0.15) is 26.2 Å². The molecule has 0 radical (unpaired) electrons. The average molecular weight is 511 g/mol. The van der Waals surface area contributed by atoms with Gasteiger partial charge >= 0.3 is 12.1 Å². The van der Waals surface area contributed by atoms with Crippen molar-refractivity contribution >= 4 is 17.3 Å². The quantitative estimate of drug-likeness (QED) is 0.506. The van der Waals surface area contributed by atoms with Crippen LogP contribution < -0.4 is 19.3 Å². The molecule has 2 aliphatic rings. The van der Waals surface area contributed by atoms with Gasteiger partial charge in [-0.2, -0.15) is 13.2 Å². The molecule has 2 heterocycles. The van der Waals surface area contributed by atoms with Crippen LogP contribution in [0.4, 0.5) is 28.9 Å². The van der Waals surface area contributed by atoms with Crippen molar-refractivity contribution < 1.29 is 36.9 Å². The number of rotatable bonds is 7. The molecule has 1 N–H and O–H groups in total. The van der Waals surface area contributed by atoms with Gasteiger partial charge in [0, 0.05) is 49.8 Å². The Morgan fingerprint density at radius 2 is 1.81 bits per heavy atom. The Labute approximate surface area is 207 Å². The van der Waals surface area contributed by atoms with E-state index in [9.17, 15) is 22.4 Å². The number of anilines is 2. The molecule has 0 aromatic heterocycles. The fourth-order valence-electron chi connectivity index (χ4n) is 5.14. The third-order valence-electron chi connectivity index (χ3n) is 7.06. The highest BCUT2D eigenvalue weighted by atomic mass is 19.4. The van der Waals surface area contributed by atoms with Gasteiger partial charge in [0.05, 0.1) is 25.1 Å². The van der Waals surface area contributed by atoms with Crippen LogP contribution in [0, 0.1) is 17.7 Å². The predicted octanol–water partition coefficient (Wildman–Crippen LogP) is 5.36. The van der Waals surface area contributed by atoms with Crippen LogP contribution in [0.15, 0.2) is 42.5 Å². The van der Waals surface area contributed by atoms with E-state index < -0.39 is 24.1 Å². The third kappa shape index (κ3) is 5.79. The molecule has 4 atom stereocenters. The number of ether oxygens (including phenoxy) is 2. The number of carboxylic acid groups (broad SMARTS) is 1. The van der Waals surface area contributed by atoms with E-state index in [1.165, 1.54) is 18.1 Å². The number of carbonyl (C=O) groups is 1. The molecule has 36 heavy (non-hydrogen) atoms. The number of halogens is 4. The molecule has 2 aliphatic heterocycles. The van der Waals surface area contributed by atoms with Crippen LogP contribution in [0.2, 0.25) is 0 Å². The fraction of sp³-hybridized carbons (Fsp3) is 0.500. The van der Waals surface area contributed by atoms with E-state index in [2.05, 4.69) is 0 Å². The molecule has 2 fully saturated rings. The largest absolute Gasteiger partial charge is 0.497 e. The highest BCUT2D eigenvalue weighted by Crippen LogP contribution is 2.40. The first-order chi connectivity index (χ1) is 17.0. The van der Waals surface area contributed by atoms with E-state index in [1.54, 1.807) is 36.4 Å². The lowest BCUT2D eigenvalue weighted by Gasteiger charge is -2.38. The molecule has 10 heteroatoms. The van der Waals surface area contributed by atoms with Crippen LogP contribution in [-0.4, -0.2) is 56.1 Å². The smallest absolute Gasteiger partial charge is 0.393 e. The molecule has 196 valence electrons. The normalized spacial score (nSPS) is 24.6. The van der Waals surface area contributed by atoms with Crippen LogP contribution in [0.5, 0.6) is 11.5 Å². The Morgan fingerprint density at radius 3 is 2.42 bits per heavy atom. The van der Waals surface area contributed by atoms with E-state index in [-0.39, 0.29) is 37.2 Å². The fourth-order valence-corrected chi connectivity index (χ4v) is 5.14. The van der Waals surface area contributed by atoms with Crippen LogP contribution in [0.25, 0.3) is 0 Å². The number of nitrogens with zero attached hydrogens (tertiary/aromatic N) is 2. The Morgan fingerprint density at radius 1 is 1.11 bits per heavy atom. The van der Waals surface area contributed by atoms with E-state index in [0.717, 1.165) is 0 Å². The Balaban J connectivity index is 1.40. The van der Waals surface area contributed by atoms with Gasteiger partial charge in [-0.1, -0.05) is 6.92 Å². The van der Waals surface area contributed by atoms with Gasteiger partial charge in [0.15, 0.2) is 0 Å². The molecule has 0 amide bonds. The van der Waals surface area contributed by atoms with Crippen molar-refractivity contribution in [2.24, 2.45) is 11.8 Å². The molecular formula is C26H30F4N2O4. The summed E-state index contributed by atoms with van der Waals surface area (Å²) in [7, 11) is 1.54. The van der Waals surface area contributed by atoms with E-state index in [1.807, 2.05) is 11.8 Å². The van der Waals surface area contributed by atoms with Crippen molar-refractivity contribution in [3.63, 3.8) is 0 Å². The molecule has 0 unspecified atom stereocenters. The van der Waals surface area contributed by atoms with Gasteiger partial charge in [-0.05, 0) is 42.8 Å². The molecule has 6 nitrogen and oxygen atoms in total. The van der Waals surface area contributed by atoms with Gasteiger partial charge in [0.25, 0.3) is 0 Å². The van der Waals surface area contributed by atoms with Gasteiger partial charge in [-0.25, -0.2) is 4.39 Å². The van der Waals surface area contributed by atoms with Crippen molar-refractivity contribution in [3.05, 3.63) is 48.3 Å². The van der Waals surface area contributed by atoms with E-state index >= 15 is 0 Å². The van der Waals surface area contributed by atoms with E-state index in [4.69, 9.17) is 14.6 Å². The number of benzene rings is 2. The van der Waals surface area contributed by atoms with E-state index in [0.29, 0.717) is 42.4 Å². The Bertz CT molecular complexity index is 1060. The Hall–Kier alpha value is -3.17. The highest BCUT2D eigenvalue weighted by molar-refractivity contribution is 5.69. The lowest BCUT2D eigenvalue weighted by atomic mass is 9.95. The summed E-state index contributed by atoms with van der Waals surface area (Å²) >= 11 is 0. The number of alkyl halides is 3. The summed E-state index contributed by atoms with van der Waals surface area (Å²) in [5.74, 6) is -1.73. The summed E-state index contributed by atoms with van der Waals surface area (Å²) in [6, 6.07) is 10.7. The zero-order chi connectivity index (χ0) is 26.0. The minimum Gasteiger partial charge on any atom is -0.497 e. The minimum atomic E-state index is -4.37. The predicted molar refractivity (Wildman–Crippen MR) is 127 cm³/mol. The minimum absolute atomic E-state index is 0.0927. The van der Waals surface area contributed by atoms with Crippen molar-refractivity contribution in [1.82, 2.24) is 0 Å². The first kappa shape index (κ1) is 25.9. The average Bonchev–Trinajstić information content (AvgIpc) is 3.25. The van der Waals surface area contributed by atoms with Crippen molar-refractivity contribution in [2.45, 2.75) is 44.5 Å². The second-order valence-corrected chi connectivity index (χ2v) is 9.56. The Kier molecular flexibility index (Phi) is 7.51. The topological polar surface area (TPSA) is 62.2 Å². The molecule has 4 rings (SSSR count). The second kappa shape index (κ2) is 10.4. The SMILES string of the molecule is COc1ccc(F)c(N2CC[C@@H](Oc3ccc(N4C[C@H](C(F)(F)F)C[C@@H]4CC(=O)O)cc3)[C@H](C)C2)c1. The van der Waals surface area contributed by atoms with Crippen molar-refractivity contribution in [2.75, 3.05) is 36.5 Å². The zero-order valence-electron chi connectivity index (χ0n) is 20.2. The van der Waals surface area contributed by atoms with Crippen molar-refractivity contribution in [1.29, 1.82) is 0 Å². The molecule has 0 aliphatic carbocycles. The highest BCUT2D eigenvalue weighted by Gasteiger charge is 2.48. The maximum Gasteiger partial charge on any atom is 0.393 e. The summed E-state index contributed by atoms with van der Waals surface area (Å²) in [5, 5.41) is 9.15. The van der Waals surface area contributed by atoms with Gasteiger partial charge in [0.1, 0.15) is 23.4 Å². The number of aliphatic carboxylic acids is 1. The lowest BCUT2D eigenvalue weighted by molar-refractivity contribution is -0.169. The summed E-state index contributed by atoms with van der Waals surface area (Å²) in [4.78, 5) is 14.7. The first-order valence-electron chi connectivity index (χ1n) is 12.0. The maximum atomic E-state index is 14.4. The number of carboxylic acids is 1. The number of hydrogen-bond acceptors (Lipinski definition) is 5. The summed E-state index contributed by atoms with van der Waals surface area (Å²) in [6.45, 7) is 2.95. The number of piperidine rings is 1. The number of hydrogen-bond donors (Lipinski definition) is 1. The molecule has 2 aromatic rings. The van der Waals surface area contributed by atoms with Crippen molar-refractivity contribution in [3.8, 4) is 11.5 Å². The van der Waals surface area contributed by atoms with Gasteiger partial charge in [-0.3, -0.25) is 4.79 Å². The molecule has 2 aromatic carbocycles. The standard InChI is InChI=1S/C26H30F4N2O4/c1-16-14-31(23-13-21(35-2)7-8-22(23)27)10-9-24(16)36-20-5-3-18(4-6-20)32-15-17(26(28,29)30)11-19(32)12-25(33)34/h3-8,13,16-17,19,24H,9-12,14-15H2,1-2H3,(H,33,34)/t16-,17-,19-,24-/m1/s1. The van der Waals surface area contributed by atoms with Gasteiger partial charge in [-0.15, -0.1) is 0 Å². The summed E-state index contributed by atoms with van der Waals surface area (Å²) in [6.07, 6.45) is -4.40.